The third-order valence-corrected chi connectivity index (χ3v) is 8.67. The molecule has 0 fully saturated rings. The SMILES string of the molecule is NC(OC(N)c1ccc(C2=CC(C3=CC=CC4C=CC=CC34)NC(C3=CCCc4ccccc43)=N2)cc1)c1ccccc1. The van der Waals surface area contributed by atoms with E-state index in [1.807, 2.05) is 42.5 Å². The number of rotatable bonds is 7. The van der Waals surface area contributed by atoms with Gasteiger partial charge in [-0.3, -0.25) is 0 Å². The van der Waals surface area contributed by atoms with Gasteiger partial charge in [0.25, 0.3) is 0 Å². The zero-order valence-electron chi connectivity index (χ0n) is 24.0. The van der Waals surface area contributed by atoms with Gasteiger partial charge in [-0.1, -0.05) is 127 Å². The number of amidine groups is 1. The highest BCUT2D eigenvalue weighted by atomic mass is 16.5. The summed E-state index contributed by atoms with van der Waals surface area (Å²) in [6.45, 7) is 0. The highest BCUT2D eigenvalue weighted by molar-refractivity contribution is 6.25. The van der Waals surface area contributed by atoms with Crippen LogP contribution in [0.5, 0.6) is 0 Å². The second kappa shape index (κ2) is 12.0. The van der Waals surface area contributed by atoms with Gasteiger partial charge in [0.15, 0.2) is 0 Å². The topological polar surface area (TPSA) is 85.7 Å². The monoisotopic (exact) mass is 564 g/mol. The van der Waals surface area contributed by atoms with Crippen molar-refractivity contribution in [3.05, 3.63) is 167 Å². The quantitative estimate of drug-likeness (QED) is 0.272. The zero-order chi connectivity index (χ0) is 29.2. The Morgan fingerprint density at radius 1 is 0.791 bits per heavy atom. The molecule has 0 bridgehead atoms. The predicted molar refractivity (Wildman–Crippen MR) is 175 cm³/mol. The van der Waals surface area contributed by atoms with Crippen molar-refractivity contribution in [3.8, 4) is 0 Å². The minimum atomic E-state index is -0.649. The van der Waals surface area contributed by atoms with Crippen molar-refractivity contribution in [2.24, 2.45) is 28.3 Å². The van der Waals surface area contributed by atoms with Gasteiger partial charge < -0.3 is 21.5 Å². The van der Waals surface area contributed by atoms with Crippen LogP contribution in [0.1, 0.15) is 46.7 Å². The van der Waals surface area contributed by atoms with Gasteiger partial charge in [0, 0.05) is 17.4 Å². The van der Waals surface area contributed by atoms with Crippen molar-refractivity contribution < 1.29 is 4.74 Å². The molecule has 5 N–H and O–H groups in total. The molecule has 1 heterocycles. The summed E-state index contributed by atoms with van der Waals surface area (Å²) >= 11 is 0. The first-order valence-corrected chi connectivity index (χ1v) is 15.0. The van der Waals surface area contributed by atoms with E-state index in [4.69, 9.17) is 21.2 Å². The molecule has 0 saturated carbocycles. The van der Waals surface area contributed by atoms with Crippen molar-refractivity contribution in [1.82, 2.24) is 5.32 Å². The maximum absolute atomic E-state index is 6.42. The number of aryl methyl sites for hydroxylation is 1. The van der Waals surface area contributed by atoms with E-state index in [1.54, 1.807) is 0 Å². The first-order chi connectivity index (χ1) is 21.1. The van der Waals surface area contributed by atoms with E-state index in [9.17, 15) is 0 Å². The van der Waals surface area contributed by atoms with Gasteiger partial charge in [-0.15, -0.1) is 0 Å². The summed E-state index contributed by atoms with van der Waals surface area (Å²) in [5, 5.41) is 3.82. The van der Waals surface area contributed by atoms with E-state index < -0.39 is 12.5 Å². The molecule has 3 aromatic carbocycles. The molecule has 0 radical (unpaired) electrons. The number of nitrogens with one attached hydrogen (secondary N) is 1. The van der Waals surface area contributed by atoms with Crippen molar-refractivity contribution in [3.63, 3.8) is 0 Å². The molecule has 0 amide bonds. The molecular formula is C38H36N4O. The van der Waals surface area contributed by atoms with Crippen LogP contribution >= 0.6 is 0 Å². The minimum absolute atomic E-state index is 0.000210. The molecule has 214 valence electrons. The number of hydrogen-bond acceptors (Lipinski definition) is 5. The van der Waals surface area contributed by atoms with Crippen LogP contribution in [0.2, 0.25) is 0 Å². The van der Waals surface area contributed by atoms with Crippen molar-refractivity contribution in [2.75, 3.05) is 0 Å². The lowest BCUT2D eigenvalue weighted by Crippen LogP contribution is -2.41. The molecule has 0 aromatic heterocycles. The van der Waals surface area contributed by atoms with Crippen molar-refractivity contribution >= 4 is 17.1 Å². The van der Waals surface area contributed by atoms with Crippen LogP contribution in [0.25, 0.3) is 11.3 Å². The van der Waals surface area contributed by atoms with E-state index in [1.165, 1.54) is 22.3 Å². The Morgan fingerprint density at radius 3 is 2.35 bits per heavy atom. The second-order valence-corrected chi connectivity index (χ2v) is 11.4. The zero-order valence-corrected chi connectivity index (χ0v) is 24.0. The summed E-state index contributed by atoms with van der Waals surface area (Å²) in [6, 6.07) is 26.6. The maximum Gasteiger partial charge on any atom is 0.134 e. The molecule has 4 aliphatic rings. The lowest BCUT2D eigenvalue weighted by molar-refractivity contribution is -0.00831. The largest absolute Gasteiger partial charge is 0.359 e. The van der Waals surface area contributed by atoms with Gasteiger partial charge in [-0.05, 0) is 52.3 Å². The summed E-state index contributed by atoms with van der Waals surface area (Å²) in [5.74, 6) is 1.59. The summed E-state index contributed by atoms with van der Waals surface area (Å²) in [5.41, 5.74) is 21.5. The van der Waals surface area contributed by atoms with Crippen LogP contribution in [0, 0.1) is 11.8 Å². The number of nitrogens with zero attached hydrogens (tertiary/aromatic N) is 1. The van der Waals surface area contributed by atoms with Crippen LogP contribution in [0.3, 0.4) is 0 Å². The van der Waals surface area contributed by atoms with Gasteiger partial charge >= 0.3 is 0 Å². The molecule has 7 rings (SSSR count). The average molecular weight is 565 g/mol. The highest BCUT2D eigenvalue weighted by Crippen LogP contribution is 2.37. The Labute approximate surface area is 253 Å². The molecule has 5 nitrogen and oxygen atoms in total. The molecule has 0 saturated heterocycles. The lowest BCUT2D eigenvalue weighted by Gasteiger charge is -2.34. The molecular weight excluding hydrogens is 528 g/mol. The van der Waals surface area contributed by atoms with Crippen LogP contribution in [-0.2, 0) is 11.2 Å². The van der Waals surface area contributed by atoms with E-state index in [0.717, 1.165) is 41.1 Å². The van der Waals surface area contributed by atoms with Crippen LogP contribution in [0.4, 0.5) is 0 Å². The fourth-order valence-corrected chi connectivity index (χ4v) is 6.38. The highest BCUT2D eigenvalue weighted by Gasteiger charge is 2.31. The summed E-state index contributed by atoms with van der Waals surface area (Å²) in [4.78, 5) is 5.22. The third-order valence-electron chi connectivity index (χ3n) is 8.67. The first-order valence-electron chi connectivity index (χ1n) is 15.0. The van der Waals surface area contributed by atoms with E-state index >= 15 is 0 Å². The van der Waals surface area contributed by atoms with Gasteiger partial charge in [0.2, 0.25) is 0 Å². The molecule has 5 heteroatoms. The normalized spacial score (nSPS) is 23.5. The van der Waals surface area contributed by atoms with Gasteiger partial charge in [-0.2, -0.15) is 0 Å². The smallest absolute Gasteiger partial charge is 0.134 e. The number of allylic oxidation sites excluding steroid dienone is 8. The Hall–Kier alpha value is -4.55. The van der Waals surface area contributed by atoms with Gasteiger partial charge in [0.05, 0.1) is 11.7 Å². The fourth-order valence-electron chi connectivity index (χ4n) is 6.38. The summed E-state index contributed by atoms with van der Waals surface area (Å²) in [6.07, 6.45) is 21.0. The van der Waals surface area contributed by atoms with Crippen LogP contribution in [0.15, 0.2) is 144 Å². The lowest BCUT2D eigenvalue weighted by atomic mass is 9.76. The molecule has 0 spiro atoms. The number of hydrogen-bond donors (Lipinski definition) is 3. The first kappa shape index (κ1) is 27.3. The van der Waals surface area contributed by atoms with Crippen LogP contribution < -0.4 is 16.8 Å². The second-order valence-electron chi connectivity index (χ2n) is 11.4. The number of nitrogens with two attached hydrogens (primary N) is 2. The Morgan fingerprint density at radius 2 is 1.51 bits per heavy atom. The molecule has 43 heavy (non-hydrogen) atoms. The molecule has 1 aliphatic heterocycles. The number of fused-ring (bicyclic) bond motifs is 2. The van der Waals surface area contributed by atoms with E-state index in [2.05, 4.69) is 96.4 Å². The Bertz CT molecular complexity index is 1710. The van der Waals surface area contributed by atoms with Gasteiger partial charge in [-0.25, -0.2) is 4.99 Å². The van der Waals surface area contributed by atoms with Crippen LogP contribution in [-0.4, -0.2) is 11.9 Å². The maximum atomic E-state index is 6.42. The van der Waals surface area contributed by atoms with Gasteiger partial charge in [0.1, 0.15) is 18.3 Å². The number of ether oxygens (including phenoxy) is 1. The fraction of sp³-hybridized carbons (Fsp3) is 0.184. The predicted octanol–water partition coefficient (Wildman–Crippen LogP) is 6.91. The van der Waals surface area contributed by atoms with E-state index in [0.29, 0.717) is 11.8 Å². The molecule has 3 aromatic rings. The molecule has 5 atom stereocenters. The molecule has 3 aliphatic carbocycles. The van der Waals surface area contributed by atoms with E-state index in [-0.39, 0.29) is 6.04 Å². The Balaban J connectivity index is 1.20. The third kappa shape index (κ3) is 5.63. The van der Waals surface area contributed by atoms with Crippen molar-refractivity contribution in [1.29, 1.82) is 0 Å². The summed E-state index contributed by atoms with van der Waals surface area (Å²) < 4.78 is 5.95. The summed E-state index contributed by atoms with van der Waals surface area (Å²) in [7, 11) is 0. The Kier molecular flexibility index (Phi) is 7.60. The number of benzene rings is 3. The van der Waals surface area contributed by atoms with Crippen molar-refractivity contribution in [2.45, 2.75) is 31.3 Å². The molecule has 5 unspecified atom stereocenters. The standard InChI is InChI=1S/C38H36N4O/c39-36(28-12-2-1-3-13-28)43-37(40)29-22-20-27(21-23-29)34-24-35(32-18-8-14-25-10-4-6-16-30(25)32)42-38(41-34)33-19-9-15-26-11-5-7-17-31(26)33/h1-8,10-14,16-25,30,35-37H,9,15,39-40H2,(H,41,42). The number of aliphatic imine (C=N–C) groups is 1. The minimum Gasteiger partial charge on any atom is -0.359 e. The average Bonchev–Trinajstić information content (AvgIpc) is 3.08.